The maximum atomic E-state index is 14.6. The highest BCUT2D eigenvalue weighted by Crippen LogP contribution is 2.26. The van der Waals surface area contributed by atoms with Crippen LogP contribution in [0.25, 0.3) is 23.0 Å². The fourth-order valence-corrected chi connectivity index (χ4v) is 4.11. The van der Waals surface area contributed by atoms with Gasteiger partial charge in [0.2, 0.25) is 5.82 Å². The van der Waals surface area contributed by atoms with E-state index in [0.29, 0.717) is 37.3 Å². The van der Waals surface area contributed by atoms with Gasteiger partial charge in [0.15, 0.2) is 0 Å². The van der Waals surface area contributed by atoms with Crippen molar-refractivity contribution in [3.63, 3.8) is 0 Å². The average Bonchev–Trinajstić information content (AvgIpc) is 3.41. The summed E-state index contributed by atoms with van der Waals surface area (Å²) in [5.41, 5.74) is 0.463. The van der Waals surface area contributed by atoms with Crippen LogP contribution in [0.15, 0.2) is 63.9 Å². The van der Waals surface area contributed by atoms with E-state index in [9.17, 15) is 27.2 Å². The number of ether oxygens (including phenoxy) is 1. The van der Waals surface area contributed by atoms with Gasteiger partial charge in [0.25, 0.3) is 17.4 Å². The third kappa shape index (κ3) is 6.17. The van der Waals surface area contributed by atoms with E-state index in [1.807, 2.05) is 7.05 Å². The smallest absolute Gasteiger partial charge is 0.406 e. The van der Waals surface area contributed by atoms with Crippen LogP contribution in [-0.4, -0.2) is 75.2 Å². The van der Waals surface area contributed by atoms with Gasteiger partial charge in [-0.3, -0.25) is 9.59 Å². The fraction of sp³-hybridized carbons (Fsp3) is 0.269. The Morgan fingerprint density at radius 2 is 1.75 bits per heavy atom. The van der Waals surface area contributed by atoms with Crippen molar-refractivity contribution in [2.75, 3.05) is 33.2 Å². The summed E-state index contributed by atoms with van der Waals surface area (Å²) in [6.45, 7) is 2.29. The summed E-state index contributed by atoms with van der Waals surface area (Å²) in [4.78, 5) is 33.3. The number of hydrogen-bond donors (Lipinski definition) is 0. The molecule has 0 radical (unpaired) electrons. The zero-order valence-electron chi connectivity index (χ0n) is 21.1. The number of nitrogens with zero attached hydrogens (tertiary/aromatic N) is 6. The van der Waals surface area contributed by atoms with Crippen molar-refractivity contribution >= 4 is 5.91 Å². The van der Waals surface area contributed by atoms with E-state index in [2.05, 4.69) is 24.9 Å². The van der Waals surface area contributed by atoms with Gasteiger partial charge in [-0.1, -0.05) is 11.2 Å². The third-order valence-corrected chi connectivity index (χ3v) is 6.24. The molecule has 4 aromatic rings. The Hall–Kier alpha value is -4.59. The highest BCUT2D eigenvalue weighted by molar-refractivity contribution is 5.94. The molecular weight excluding hydrogens is 536 g/mol. The lowest BCUT2D eigenvalue weighted by Gasteiger charge is -2.32. The second kappa shape index (κ2) is 10.9. The minimum atomic E-state index is -4.81. The van der Waals surface area contributed by atoms with Crippen LogP contribution < -0.4 is 10.3 Å². The number of rotatable bonds is 6. The van der Waals surface area contributed by atoms with Crippen molar-refractivity contribution in [1.82, 2.24) is 29.7 Å². The maximum absolute atomic E-state index is 14.6. The summed E-state index contributed by atoms with van der Waals surface area (Å²) in [5, 5.41) is 8.09. The molecule has 0 bridgehead atoms. The number of piperazine rings is 1. The number of amides is 1. The number of hydrogen-bond acceptors (Lipinski definition) is 8. The number of aromatic nitrogens is 4. The number of carbonyl (C=O) groups is 1. The van der Waals surface area contributed by atoms with Gasteiger partial charge in [0, 0.05) is 37.8 Å². The number of likely N-dealkylation sites (N-methyl/N-ethyl adjacent to an activating group) is 1. The van der Waals surface area contributed by atoms with Gasteiger partial charge in [-0.05, 0) is 55.1 Å². The molecule has 0 aliphatic carbocycles. The van der Waals surface area contributed by atoms with Crippen LogP contribution in [0.4, 0.5) is 17.6 Å². The van der Waals surface area contributed by atoms with Gasteiger partial charge < -0.3 is 19.1 Å². The monoisotopic (exact) mass is 558 g/mol. The lowest BCUT2D eigenvalue weighted by atomic mass is 10.1. The Kier molecular flexibility index (Phi) is 7.34. The Balaban J connectivity index is 1.34. The second-order valence-electron chi connectivity index (χ2n) is 9.12. The van der Waals surface area contributed by atoms with E-state index < -0.39 is 29.4 Å². The second-order valence-corrected chi connectivity index (χ2v) is 9.12. The molecule has 0 spiro atoms. The molecule has 0 saturated carbocycles. The average molecular weight is 558 g/mol. The van der Waals surface area contributed by atoms with Gasteiger partial charge in [-0.25, -0.2) is 9.07 Å². The van der Waals surface area contributed by atoms with E-state index in [0.717, 1.165) is 16.8 Å². The van der Waals surface area contributed by atoms with Crippen molar-refractivity contribution < 1.29 is 31.6 Å². The highest BCUT2D eigenvalue weighted by atomic mass is 19.4. The molecular formula is C26H22F4N6O4. The molecule has 1 amide bonds. The summed E-state index contributed by atoms with van der Waals surface area (Å²) in [5.74, 6) is -1.43. The third-order valence-electron chi connectivity index (χ3n) is 6.24. The van der Waals surface area contributed by atoms with Crippen LogP contribution in [0.3, 0.4) is 0 Å². The molecule has 2 aromatic heterocycles. The molecule has 208 valence electrons. The standard InChI is InChI=1S/C26H22F4N6O4/c1-34-10-12-35(13-11-34)25(38)19-14-16(2-7-20(19)27)15-36-22(37)9-8-21(32-36)24-31-23(33-40-24)17-3-5-18(6-4-17)39-26(28,29)30/h2-9,14H,10-13,15H2,1H3. The quantitative estimate of drug-likeness (QED) is 0.332. The van der Waals surface area contributed by atoms with Crippen LogP contribution in [0, 0.1) is 5.82 Å². The van der Waals surface area contributed by atoms with E-state index in [4.69, 9.17) is 4.52 Å². The first-order chi connectivity index (χ1) is 19.1. The van der Waals surface area contributed by atoms with Crippen LogP contribution in [0.2, 0.25) is 0 Å². The fourth-order valence-electron chi connectivity index (χ4n) is 4.11. The summed E-state index contributed by atoms with van der Waals surface area (Å²) in [6.07, 6.45) is -4.81. The van der Waals surface area contributed by atoms with E-state index in [1.165, 1.54) is 42.5 Å². The Labute approximate surface area is 224 Å². The van der Waals surface area contributed by atoms with Crippen molar-refractivity contribution in [2.24, 2.45) is 0 Å². The van der Waals surface area contributed by atoms with Crippen molar-refractivity contribution in [2.45, 2.75) is 12.9 Å². The molecule has 5 rings (SSSR count). The first-order valence-electron chi connectivity index (χ1n) is 12.1. The van der Waals surface area contributed by atoms with E-state index in [1.54, 1.807) is 4.90 Å². The summed E-state index contributed by atoms with van der Waals surface area (Å²) in [6, 6.07) is 11.6. The van der Waals surface area contributed by atoms with Crippen molar-refractivity contribution in [1.29, 1.82) is 0 Å². The van der Waals surface area contributed by atoms with Gasteiger partial charge in [-0.2, -0.15) is 10.1 Å². The lowest BCUT2D eigenvalue weighted by molar-refractivity contribution is -0.274. The zero-order valence-corrected chi connectivity index (χ0v) is 21.1. The maximum Gasteiger partial charge on any atom is 0.573 e. The number of carbonyl (C=O) groups excluding carboxylic acids is 1. The molecule has 1 saturated heterocycles. The molecule has 0 unspecified atom stereocenters. The van der Waals surface area contributed by atoms with Crippen LogP contribution in [0.5, 0.6) is 5.75 Å². The normalized spacial score (nSPS) is 14.4. The number of alkyl halides is 3. The van der Waals surface area contributed by atoms with Gasteiger partial charge in [-0.15, -0.1) is 13.2 Å². The summed E-state index contributed by atoms with van der Waals surface area (Å²) in [7, 11) is 1.95. The lowest BCUT2D eigenvalue weighted by Crippen LogP contribution is -2.47. The van der Waals surface area contributed by atoms with Gasteiger partial charge in [0.05, 0.1) is 12.1 Å². The number of halogens is 4. The first kappa shape index (κ1) is 27.0. The first-order valence-corrected chi connectivity index (χ1v) is 12.1. The Morgan fingerprint density at radius 1 is 1.02 bits per heavy atom. The molecule has 1 fully saturated rings. The molecule has 2 aromatic carbocycles. The SMILES string of the molecule is CN1CCN(C(=O)c2cc(Cn3nc(-c4nc(-c5ccc(OC(F)(F)F)cc5)no4)ccc3=O)ccc2F)CC1. The molecule has 0 N–H and O–H groups in total. The molecule has 40 heavy (non-hydrogen) atoms. The predicted molar refractivity (Wildman–Crippen MR) is 133 cm³/mol. The predicted octanol–water partition coefficient (Wildman–Crippen LogP) is 3.43. The van der Waals surface area contributed by atoms with Crippen LogP contribution in [-0.2, 0) is 6.54 Å². The van der Waals surface area contributed by atoms with Crippen LogP contribution >= 0.6 is 0 Å². The van der Waals surface area contributed by atoms with Crippen LogP contribution in [0.1, 0.15) is 15.9 Å². The largest absolute Gasteiger partial charge is 0.573 e. The molecule has 1 aliphatic heterocycles. The molecule has 14 heteroatoms. The molecule has 1 aliphatic rings. The van der Waals surface area contributed by atoms with Crippen molar-refractivity contribution in [3.05, 3.63) is 81.9 Å². The highest BCUT2D eigenvalue weighted by Gasteiger charge is 2.31. The molecule has 0 atom stereocenters. The zero-order chi connectivity index (χ0) is 28.4. The molecule has 3 heterocycles. The van der Waals surface area contributed by atoms with Crippen molar-refractivity contribution in [3.8, 4) is 28.7 Å². The number of benzene rings is 2. The minimum absolute atomic E-state index is 0.0376. The summed E-state index contributed by atoms with van der Waals surface area (Å²) < 4.78 is 61.9. The molecule has 10 nitrogen and oxygen atoms in total. The minimum Gasteiger partial charge on any atom is -0.406 e. The van der Waals surface area contributed by atoms with E-state index in [-0.39, 0.29) is 29.5 Å². The Morgan fingerprint density at radius 3 is 2.45 bits per heavy atom. The van der Waals surface area contributed by atoms with Gasteiger partial charge >= 0.3 is 6.36 Å². The summed E-state index contributed by atoms with van der Waals surface area (Å²) >= 11 is 0. The van der Waals surface area contributed by atoms with E-state index >= 15 is 0 Å². The Bertz CT molecular complexity index is 1580. The van der Waals surface area contributed by atoms with Gasteiger partial charge in [0.1, 0.15) is 17.3 Å². The topological polar surface area (TPSA) is 107 Å².